The van der Waals surface area contributed by atoms with Crippen molar-refractivity contribution in [3.63, 3.8) is 0 Å². The van der Waals surface area contributed by atoms with Crippen molar-refractivity contribution in [1.82, 2.24) is 4.98 Å². The van der Waals surface area contributed by atoms with Gasteiger partial charge >= 0.3 is 0 Å². The van der Waals surface area contributed by atoms with Gasteiger partial charge in [-0.1, -0.05) is 17.7 Å². The van der Waals surface area contributed by atoms with E-state index < -0.39 is 0 Å². The molecule has 1 heterocycles. The largest absolute Gasteiger partial charge is 0.436 e. The first kappa shape index (κ1) is 11.8. The van der Waals surface area contributed by atoms with E-state index in [2.05, 4.69) is 37.0 Å². The van der Waals surface area contributed by atoms with Crippen LogP contribution in [0.25, 0.3) is 22.6 Å². The number of anilines is 1. The molecule has 0 radical (unpaired) electrons. The molecule has 2 aromatic carbocycles. The van der Waals surface area contributed by atoms with Gasteiger partial charge in [0.1, 0.15) is 5.52 Å². The molecule has 3 rings (SSSR count). The maximum Gasteiger partial charge on any atom is 0.227 e. The van der Waals surface area contributed by atoms with Crippen LogP contribution in [0, 0.1) is 20.8 Å². The van der Waals surface area contributed by atoms with Gasteiger partial charge in [0.05, 0.1) is 0 Å². The monoisotopic (exact) mass is 252 g/mol. The van der Waals surface area contributed by atoms with E-state index in [0.717, 1.165) is 27.8 Å². The van der Waals surface area contributed by atoms with E-state index in [1.54, 1.807) is 0 Å². The summed E-state index contributed by atoms with van der Waals surface area (Å²) < 4.78 is 5.91. The highest BCUT2D eigenvalue weighted by atomic mass is 16.3. The Morgan fingerprint density at radius 1 is 1.00 bits per heavy atom. The van der Waals surface area contributed by atoms with Crippen LogP contribution in [0.4, 0.5) is 5.69 Å². The Balaban J connectivity index is 2.26. The van der Waals surface area contributed by atoms with Crippen LogP contribution in [-0.4, -0.2) is 4.98 Å². The maximum absolute atomic E-state index is 5.91. The minimum absolute atomic E-state index is 0.657. The zero-order chi connectivity index (χ0) is 13.6. The number of rotatable bonds is 1. The average Bonchev–Trinajstić information content (AvgIpc) is 2.76. The highest BCUT2D eigenvalue weighted by molar-refractivity contribution is 5.83. The number of aromatic nitrogens is 1. The summed E-state index contributed by atoms with van der Waals surface area (Å²) in [4.78, 5) is 4.56. The molecule has 2 N–H and O–H groups in total. The Kier molecular flexibility index (Phi) is 2.56. The van der Waals surface area contributed by atoms with Crippen molar-refractivity contribution in [3.05, 3.63) is 47.0 Å². The van der Waals surface area contributed by atoms with Crippen molar-refractivity contribution in [2.24, 2.45) is 0 Å². The lowest BCUT2D eigenvalue weighted by atomic mass is 10.1. The molecule has 1 aromatic heterocycles. The molecule has 3 heteroatoms. The van der Waals surface area contributed by atoms with E-state index in [1.165, 1.54) is 5.56 Å². The maximum atomic E-state index is 5.91. The number of fused-ring (bicyclic) bond motifs is 1. The second kappa shape index (κ2) is 4.12. The summed E-state index contributed by atoms with van der Waals surface area (Å²) in [5.74, 6) is 0.657. The highest BCUT2D eigenvalue weighted by Crippen LogP contribution is 2.30. The van der Waals surface area contributed by atoms with Crippen LogP contribution in [0.15, 0.2) is 34.7 Å². The van der Waals surface area contributed by atoms with Gasteiger partial charge in [0.15, 0.2) is 5.58 Å². The second-order valence-corrected chi connectivity index (χ2v) is 5.02. The van der Waals surface area contributed by atoms with Crippen LogP contribution in [0.1, 0.15) is 16.7 Å². The van der Waals surface area contributed by atoms with Crippen molar-refractivity contribution in [2.75, 3.05) is 5.73 Å². The molecule has 0 aliphatic rings. The van der Waals surface area contributed by atoms with E-state index >= 15 is 0 Å². The predicted molar refractivity (Wildman–Crippen MR) is 78.1 cm³/mol. The molecule has 0 saturated heterocycles. The lowest BCUT2D eigenvalue weighted by Crippen LogP contribution is -1.86. The molecule has 0 aliphatic carbocycles. The van der Waals surface area contributed by atoms with Crippen LogP contribution in [0.3, 0.4) is 0 Å². The van der Waals surface area contributed by atoms with Crippen molar-refractivity contribution in [1.29, 1.82) is 0 Å². The zero-order valence-corrected chi connectivity index (χ0v) is 11.3. The molecular weight excluding hydrogens is 236 g/mol. The van der Waals surface area contributed by atoms with Crippen molar-refractivity contribution in [3.8, 4) is 11.5 Å². The first-order valence-electron chi connectivity index (χ1n) is 6.29. The third-order valence-electron chi connectivity index (χ3n) is 3.32. The predicted octanol–water partition coefficient (Wildman–Crippen LogP) is 4.00. The number of nitrogens with zero attached hydrogens (tertiary/aromatic N) is 1. The summed E-state index contributed by atoms with van der Waals surface area (Å²) in [6, 6.07) is 10.0. The van der Waals surface area contributed by atoms with Gasteiger partial charge in [0, 0.05) is 11.3 Å². The normalized spacial score (nSPS) is 11.1. The molecule has 3 aromatic rings. The summed E-state index contributed by atoms with van der Waals surface area (Å²) in [6.45, 7) is 6.11. The topological polar surface area (TPSA) is 52.0 Å². The minimum Gasteiger partial charge on any atom is -0.436 e. The lowest BCUT2D eigenvalue weighted by molar-refractivity contribution is 0.617. The Labute approximate surface area is 112 Å². The number of benzene rings is 2. The van der Waals surface area contributed by atoms with E-state index in [4.69, 9.17) is 10.2 Å². The summed E-state index contributed by atoms with van der Waals surface area (Å²) in [5, 5.41) is 0. The Hall–Kier alpha value is -2.29. The van der Waals surface area contributed by atoms with Crippen LogP contribution in [-0.2, 0) is 0 Å². The molecule has 19 heavy (non-hydrogen) atoms. The Bertz CT molecular complexity index is 772. The third-order valence-corrected chi connectivity index (χ3v) is 3.32. The molecule has 0 spiro atoms. The number of nitrogen functional groups attached to an aromatic ring is 1. The molecule has 0 bridgehead atoms. The smallest absolute Gasteiger partial charge is 0.227 e. The minimum atomic E-state index is 0.657. The SMILES string of the molecule is Cc1ccc(C)c(-c2nc3cc(N)cc(C)c3o2)c1. The van der Waals surface area contributed by atoms with Crippen molar-refractivity contribution >= 4 is 16.8 Å². The first-order valence-corrected chi connectivity index (χ1v) is 6.29. The summed E-state index contributed by atoms with van der Waals surface area (Å²) in [5.41, 5.74) is 12.6. The Morgan fingerprint density at radius 2 is 1.79 bits per heavy atom. The van der Waals surface area contributed by atoms with Gasteiger partial charge in [-0.3, -0.25) is 0 Å². The molecule has 0 amide bonds. The van der Waals surface area contributed by atoms with Crippen molar-refractivity contribution < 1.29 is 4.42 Å². The third kappa shape index (κ3) is 1.97. The molecule has 96 valence electrons. The molecule has 0 fully saturated rings. The zero-order valence-electron chi connectivity index (χ0n) is 11.3. The highest BCUT2D eigenvalue weighted by Gasteiger charge is 2.12. The van der Waals surface area contributed by atoms with Gasteiger partial charge in [0.25, 0.3) is 0 Å². The fourth-order valence-corrected chi connectivity index (χ4v) is 2.31. The fraction of sp³-hybridized carbons (Fsp3) is 0.188. The van der Waals surface area contributed by atoms with Crippen LogP contribution in [0.2, 0.25) is 0 Å². The molecule has 0 atom stereocenters. The van der Waals surface area contributed by atoms with E-state index in [-0.39, 0.29) is 0 Å². The fourth-order valence-electron chi connectivity index (χ4n) is 2.31. The molecular formula is C16H16N2O. The molecule has 0 saturated carbocycles. The second-order valence-electron chi connectivity index (χ2n) is 5.02. The summed E-state index contributed by atoms with van der Waals surface area (Å²) >= 11 is 0. The first-order chi connectivity index (χ1) is 9.04. The number of nitrogens with two attached hydrogens (primary N) is 1. The molecule has 3 nitrogen and oxygen atoms in total. The average molecular weight is 252 g/mol. The number of hydrogen-bond acceptors (Lipinski definition) is 3. The Morgan fingerprint density at radius 3 is 2.58 bits per heavy atom. The van der Waals surface area contributed by atoms with Crippen LogP contribution in [0.5, 0.6) is 0 Å². The lowest BCUT2D eigenvalue weighted by Gasteiger charge is -2.02. The van der Waals surface area contributed by atoms with E-state index in [1.807, 2.05) is 19.1 Å². The molecule has 0 aliphatic heterocycles. The van der Waals surface area contributed by atoms with Gasteiger partial charge < -0.3 is 10.2 Å². The van der Waals surface area contributed by atoms with Gasteiger partial charge in [-0.2, -0.15) is 0 Å². The quantitative estimate of drug-likeness (QED) is 0.666. The van der Waals surface area contributed by atoms with Crippen LogP contribution < -0.4 is 5.73 Å². The molecule has 0 unspecified atom stereocenters. The standard InChI is InChI=1S/C16H16N2O/c1-9-4-5-10(2)13(6-9)16-18-14-8-12(17)7-11(3)15(14)19-16/h4-8H,17H2,1-3H3. The number of hydrogen-bond donors (Lipinski definition) is 1. The van der Waals surface area contributed by atoms with Gasteiger partial charge in [-0.05, 0) is 50.1 Å². The van der Waals surface area contributed by atoms with E-state index in [9.17, 15) is 0 Å². The van der Waals surface area contributed by atoms with Gasteiger partial charge in [-0.25, -0.2) is 4.98 Å². The van der Waals surface area contributed by atoms with Crippen LogP contribution >= 0.6 is 0 Å². The number of aryl methyl sites for hydroxylation is 3. The van der Waals surface area contributed by atoms with Gasteiger partial charge in [0.2, 0.25) is 5.89 Å². The summed E-state index contributed by atoms with van der Waals surface area (Å²) in [6.07, 6.45) is 0. The van der Waals surface area contributed by atoms with Gasteiger partial charge in [-0.15, -0.1) is 0 Å². The number of oxazole rings is 1. The van der Waals surface area contributed by atoms with Crippen molar-refractivity contribution in [2.45, 2.75) is 20.8 Å². The van der Waals surface area contributed by atoms with E-state index in [0.29, 0.717) is 11.6 Å². The summed E-state index contributed by atoms with van der Waals surface area (Å²) in [7, 11) is 0.